The van der Waals surface area contributed by atoms with Crippen molar-refractivity contribution in [3.8, 4) is 11.8 Å². The Morgan fingerprint density at radius 1 is 1.22 bits per heavy atom. The average Bonchev–Trinajstić information content (AvgIpc) is 3.29. The number of nitriles is 1. The minimum Gasteiger partial charge on any atom is -0.383 e. The van der Waals surface area contributed by atoms with E-state index in [1.807, 2.05) is 13.0 Å². The van der Waals surface area contributed by atoms with Gasteiger partial charge < -0.3 is 11.1 Å². The summed E-state index contributed by atoms with van der Waals surface area (Å²) in [5.74, 6) is -0.0468. The molecule has 158 valence electrons. The van der Waals surface area contributed by atoms with Gasteiger partial charge in [0.2, 0.25) is 0 Å². The third-order valence-electron chi connectivity index (χ3n) is 4.65. The predicted octanol–water partition coefficient (Wildman–Crippen LogP) is 2.63. The van der Waals surface area contributed by atoms with Crippen LogP contribution in [0.1, 0.15) is 35.6 Å². The number of para-hydroxylation sites is 1. The van der Waals surface area contributed by atoms with E-state index in [1.165, 1.54) is 17.1 Å². The van der Waals surface area contributed by atoms with Crippen molar-refractivity contribution >= 4 is 17.3 Å². The summed E-state index contributed by atoms with van der Waals surface area (Å²) in [6, 6.07) is 12.6. The number of nitrogens with zero attached hydrogens (tertiary/aromatic N) is 7. The molecule has 0 amide bonds. The molecular weight excluding hydrogens is 411 g/mol. The molecule has 4 N–H and O–H groups in total. The van der Waals surface area contributed by atoms with E-state index in [0.717, 1.165) is 0 Å². The number of nitrogens with two attached hydrogens (primary N) is 1. The Morgan fingerprint density at radius 3 is 2.81 bits per heavy atom. The Balaban J connectivity index is 1.63. The summed E-state index contributed by atoms with van der Waals surface area (Å²) in [6.45, 7) is 1.82. The van der Waals surface area contributed by atoms with Crippen molar-refractivity contribution in [2.24, 2.45) is 0 Å². The largest absolute Gasteiger partial charge is 0.383 e. The Kier molecular flexibility index (Phi) is 5.50. The van der Waals surface area contributed by atoms with E-state index in [9.17, 15) is 4.39 Å². The molecule has 0 radical (unpaired) electrons. The van der Waals surface area contributed by atoms with Crippen LogP contribution in [-0.2, 0) is 0 Å². The number of benzene rings is 1. The topological polar surface area (TPSA) is 155 Å². The van der Waals surface area contributed by atoms with Gasteiger partial charge in [-0.3, -0.25) is 5.41 Å². The summed E-state index contributed by atoms with van der Waals surface area (Å²) in [4.78, 5) is 12.4. The maximum atomic E-state index is 14.0. The first-order chi connectivity index (χ1) is 15.5. The van der Waals surface area contributed by atoms with Crippen molar-refractivity contribution in [1.29, 1.82) is 10.7 Å². The van der Waals surface area contributed by atoms with Crippen LogP contribution in [0.2, 0.25) is 0 Å². The Labute approximate surface area is 182 Å². The van der Waals surface area contributed by atoms with Crippen molar-refractivity contribution in [1.82, 2.24) is 29.9 Å². The van der Waals surface area contributed by atoms with Gasteiger partial charge in [-0.15, -0.1) is 5.10 Å². The normalized spacial score (nSPS) is 11.5. The number of rotatable bonds is 6. The minimum absolute atomic E-state index is 0.0371. The van der Waals surface area contributed by atoms with Crippen LogP contribution >= 0.6 is 0 Å². The molecule has 1 aromatic carbocycles. The molecule has 10 nitrogen and oxygen atoms in total. The number of nitrogens with one attached hydrogen (secondary N) is 2. The van der Waals surface area contributed by atoms with Crippen LogP contribution in [0.15, 0.2) is 55.0 Å². The molecule has 32 heavy (non-hydrogen) atoms. The predicted molar refractivity (Wildman–Crippen MR) is 115 cm³/mol. The van der Waals surface area contributed by atoms with Crippen molar-refractivity contribution in [2.75, 3.05) is 11.1 Å². The third-order valence-corrected chi connectivity index (χ3v) is 4.65. The number of halogens is 1. The van der Waals surface area contributed by atoms with Gasteiger partial charge in [-0.2, -0.15) is 5.26 Å². The van der Waals surface area contributed by atoms with Crippen LogP contribution in [0.4, 0.5) is 16.0 Å². The minimum atomic E-state index is -0.420. The van der Waals surface area contributed by atoms with E-state index in [1.54, 1.807) is 42.6 Å². The number of aromatic nitrogens is 6. The first-order valence-electron chi connectivity index (χ1n) is 9.48. The lowest BCUT2D eigenvalue weighted by molar-refractivity contribution is 0.607. The van der Waals surface area contributed by atoms with E-state index in [4.69, 9.17) is 16.4 Å². The first-order valence-corrected chi connectivity index (χ1v) is 9.48. The highest BCUT2D eigenvalue weighted by Crippen LogP contribution is 2.25. The monoisotopic (exact) mass is 428 g/mol. The molecule has 0 fully saturated rings. The van der Waals surface area contributed by atoms with E-state index in [0.29, 0.717) is 11.5 Å². The van der Waals surface area contributed by atoms with E-state index < -0.39 is 11.9 Å². The molecule has 0 aliphatic carbocycles. The van der Waals surface area contributed by atoms with Crippen LogP contribution in [0.5, 0.6) is 0 Å². The smallest absolute Gasteiger partial charge is 0.148 e. The van der Waals surface area contributed by atoms with Gasteiger partial charge in [-0.1, -0.05) is 23.4 Å². The second kappa shape index (κ2) is 8.57. The lowest BCUT2D eigenvalue weighted by Crippen LogP contribution is -2.17. The zero-order chi connectivity index (χ0) is 22.7. The quantitative estimate of drug-likeness (QED) is 0.396. The number of anilines is 2. The molecule has 11 heteroatoms. The number of pyridine rings is 1. The molecule has 1 atom stereocenters. The molecule has 3 heterocycles. The van der Waals surface area contributed by atoms with E-state index in [2.05, 4.69) is 30.6 Å². The second-order valence-corrected chi connectivity index (χ2v) is 6.78. The molecular formula is C21H17FN10. The van der Waals surface area contributed by atoms with Gasteiger partial charge in [0.15, 0.2) is 0 Å². The van der Waals surface area contributed by atoms with Gasteiger partial charge >= 0.3 is 0 Å². The summed E-state index contributed by atoms with van der Waals surface area (Å²) >= 11 is 0. The lowest BCUT2D eigenvalue weighted by Gasteiger charge is -2.16. The van der Waals surface area contributed by atoms with Crippen LogP contribution in [0, 0.1) is 22.6 Å². The lowest BCUT2D eigenvalue weighted by atomic mass is 10.1. The third kappa shape index (κ3) is 3.97. The molecule has 3 aromatic heterocycles. The van der Waals surface area contributed by atoms with Gasteiger partial charge in [0.25, 0.3) is 0 Å². The van der Waals surface area contributed by atoms with E-state index >= 15 is 0 Å². The zero-order valence-electron chi connectivity index (χ0n) is 16.9. The molecule has 0 aliphatic heterocycles. The standard InChI is InChI=1S/C21H17FN10/c1-12(16-10-32(31-30-16)17-8-3-2-6-14(17)22)28-21-18(20(25)26-11-27-21)19(24)15-7-4-5-13(9-23)29-15/h2-8,10-12,24H,1H3,(H3,25,26,27,28). The summed E-state index contributed by atoms with van der Waals surface area (Å²) in [5, 5.41) is 28.9. The Hall–Kier alpha value is -4.72. The SMILES string of the molecule is CC(Nc1ncnc(N)c1C(=N)c1cccc(C#N)n1)c1cn(-c2ccccc2F)nn1. The molecule has 0 saturated carbocycles. The molecule has 0 aliphatic rings. The molecule has 0 spiro atoms. The highest BCUT2D eigenvalue weighted by molar-refractivity contribution is 6.15. The molecule has 0 bridgehead atoms. The fraction of sp³-hybridized carbons (Fsp3) is 0.0952. The van der Waals surface area contributed by atoms with Crippen LogP contribution < -0.4 is 11.1 Å². The molecule has 4 aromatic rings. The van der Waals surface area contributed by atoms with E-state index in [-0.39, 0.29) is 34.2 Å². The summed E-state index contributed by atoms with van der Waals surface area (Å²) in [7, 11) is 0. The molecule has 0 saturated heterocycles. The Morgan fingerprint density at radius 2 is 2.03 bits per heavy atom. The maximum Gasteiger partial charge on any atom is 0.148 e. The van der Waals surface area contributed by atoms with Gasteiger partial charge in [0.05, 0.1) is 29.2 Å². The summed E-state index contributed by atoms with van der Waals surface area (Å²) in [5.41, 5.74) is 7.47. The molecule has 4 rings (SSSR count). The Bertz CT molecular complexity index is 1340. The summed E-state index contributed by atoms with van der Waals surface area (Å²) in [6.07, 6.45) is 2.88. The number of nitrogen functional groups attached to an aromatic ring is 1. The highest BCUT2D eigenvalue weighted by atomic mass is 19.1. The number of hydrogen-bond acceptors (Lipinski definition) is 9. The van der Waals surface area contributed by atoms with Crippen LogP contribution in [0.3, 0.4) is 0 Å². The second-order valence-electron chi connectivity index (χ2n) is 6.78. The summed E-state index contributed by atoms with van der Waals surface area (Å²) < 4.78 is 15.4. The van der Waals surface area contributed by atoms with Crippen molar-refractivity contribution < 1.29 is 4.39 Å². The van der Waals surface area contributed by atoms with Gasteiger partial charge in [-0.25, -0.2) is 24.0 Å². The highest BCUT2D eigenvalue weighted by Gasteiger charge is 2.20. The van der Waals surface area contributed by atoms with Gasteiger partial charge in [0, 0.05) is 0 Å². The molecule has 1 unspecified atom stereocenters. The van der Waals surface area contributed by atoms with Crippen molar-refractivity contribution in [3.05, 3.63) is 83.5 Å². The zero-order valence-corrected chi connectivity index (χ0v) is 16.9. The van der Waals surface area contributed by atoms with Crippen LogP contribution in [0.25, 0.3) is 5.69 Å². The van der Waals surface area contributed by atoms with Gasteiger partial charge in [-0.05, 0) is 31.2 Å². The first kappa shape index (κ1) is 20.5. The maximum absolute atomic E-state index is 14.0. The fourth-order valence-corrected chi connectivity index (χ4v) is 3.03. The van der Waals surface area contributed by atoms with Crippen molar-refractivity contribution in [3.63, 3.8) is 0 Å². The van der Waals surface area contributed by atoms with Crippen molar-refractivity contribution in [2.45, 2.75) is 13.0 Å². The van der Waals surface area contributed by atoms with Gasteiger partial charge in [0.1, 0.15) is 46.9 Å². The number of hydrogen-bond donors (Lipinski definition) is 3. The fourth-order valence-electron chi connectivity index (χ4n) is 3.03. The van der Waals surface area contributed by atoms with Crippen LogP contribution in [-0.4, -0.2) is 35.7 Å². The average molecular weight is 428 g/mol.